The summed E-state index contributed by atoms with van der Waals surface area (Å²) in [5.41, 5.74) is 13.7. The fourth-order valence-electron chi connectivity index (χ4n) is 10.2. The number of nitrogens with zero attached hydrogens (tertiary/aromatic N) is 2. The van der Waals surface area contributed by atoms with Crippen molar-refractivity contribution in [2.75, 3.05) is 9.80 Å². The molecular formula is C64H42N2S2. The van der Waals surface area contributed by atoms with Gasteiger partial charge in [0.1, 0.15) is 0 Å². The van der Waals surface area contributed by atoms with Gasteiger partial charge in [-0.1, -0.05) is 200 Å². The van der Waals surface area contributed by atoms with Crippen LogP contribution in [0.25, 0.3) is 84.5 Å². The molecule has 0 aliphatic heterocycles. The van der Waals surface area contributed by atoms with E-state index in [2.05, 4.69) is 265 Å². The monoisotopic (exact) mass is 902 g/mol. The second-order valence-electron chi connectivity index (χ2n) is 17.2. The average Bonchev–Trinajstić information content (AvgIpc) is 4.00. The molecule has 0 N–H and O–H groups in total. The highest BCUT2D eigenvalue weighted by atomic mass is 32.1. The van der Waals surface area contributed by atoms with E-state index in [1.165, 1.54) is 79.2 Å². The molecule has 0 aliphatic carbocycles. The Balaban J connectivity index is 1.05. The number of rotatable bonds is 9. The van der Waals surface area contributed by atoms with Crippen LogP contribution in [-0.2, 0) is 0 Å². The molecule has 0 bridgehead atoms. The minimum absolute atomic E-state index is 1.09. The van der Waals surface area contributed by atoms with Crippen molar-refractivity contribution in [1.82, 2.24) is 0 Å². The van der Waals surface area contributed by atoms with Crippen LogP contribution in [0.2, 0.25) is 0 Å². The number of thiophene rings is 2. The molecule has 2 aromatic heterocycles. The number of anilines is 6. The van der Waals surface area contributed by atoms with Crippen LogP contribution in [0.15, 0.2) is 255 Å². The lowest BCUT2D eigenvalue weighted by Crippen LogP contribution is -2.13. The van der Waals surface area contributed by atoms with Crippen LogP contribution in [0.5, 0.6) is 0 Å². The minimum Gasteiger partial charge on any atom is -0.309 e. The molecule has 0 saturated carbocycles. The predicted molar refractivity (Wildman–Crippen MR) is 295 cm³/mol. The highest BCUT2D eigenvalue weighted by Gasteiger charge is 2.25. The van der Waals surface area contributed by atoms with E-state index in [9.17, 15) is 0 Å². The number of hydrogen-bond acceptors (Lipinski definition) is 4. The van der Waals surface area contributed by atoms with Gasteiger partial charge in [0, 0.05) is 53.1 Å². The molecule has 0 spiro atoms. The van der Waals surface area contributed by atoms with Crippen LogP contribution in [0.3, 0.4) is 0 Å². The van der Waals surface area contributed by atoms with Gasteiger partial charge in [-0.2, -0.15) is 0 Å². The number of hydrogen-bond donors (Lipinski definition) is 0. The zero-order chi connectivity index (χ0) is 45.0. The van der Waals surface area contributed by atoms with E-state index in [4.69, 9.17) is 0 Å². The molecule has 0 fully saturated rings. The van der Waals surface area contributed by atoms with E-state index < -0.39 is 0 Å². The highest BCUT2D eigenvalue weighted by Crippen LogP contribution is 2.51. The first-order valence-electron chi connectivity index (χ1n) is 23.1. The minimum atomic E-state index is 1.09. The smallest absolute Gasteiger partial charge is 0.0640 e. The summed E-state index contributed by atoms with van der Waals surface area (Å²) < 4.78 is 5.12. The maximum Gasteiger partial charge on any atom is 0.0640 e. The number of fused-ring (bicyclic) bond motifs is 7. The lowest BCUT2D eigenvalue weighted by Gasteiger charge is -2.31. The van der Waals surface area contributed by atoms with Crippen molar-refractivity contribution >= 4 is 108 Å². The summed E-state index contributed by atoms with van der Waals surface area (Å²) in [5.74, 6) is 0. The van der Waals surface area contributed by atoms with E-state index in [-0.39, 0.29) is 0 Å². The van der Waals surface area contributed by atoms with Crippen LogP contribution in [0.4, 0.5) is 34.1 Å². The van der Waals surface area contributed by atoms with Gasteiger partial charge in [0.25, 0.3) is 0 Å². The normalized spacial score (nSPS) is 11.5. The van der Waals surface area contributed by atoms with Crippen molar-refractivity contribution in [2.45, 2.75) is 0 Å². The average molecular weight is 903 g/mol. The summed E-state index contributed by atoms with van der Waals surface area (Å²) in [4.78, 5) is 5.01. The lowest BCUT2D eigenvalue weighted by molar-refractivity contribution is 1.29. The molecule has 11 aromatic carbocycles. The molecule has 0 unspecified atom stereocenters. The van der Waals surface area contributed by atoms with Gasteiger partial charge in [0.2, 0.25) is 0 Å². The number of para-hydroxylation sites is 2. The molecule has 4 heteroatoms. The Morgan fingerprint density at radius 1 is 0.235 bits per heavy atom. The Bertz CT molecular complexity index is 3890. The third kappa shape index (κ3) is 6.76. The zero-order valence-electron chi connectivity index (χ0n) is 37.0. The van der Waals surface area contributed by atoms with Crippen molar-refractivity contribution in [1.29, 1.82) is 0 Å². The topological polar surface area (TPSA) is 6.48 Å². The van der Waals surface area contributed by atoms with Crippen LogP contribution in [0, 0.1) is 0 Å². The van der Waals surface area contributed by atoms with Gasteiger partial charge in [0.15, 0.2) is 0 Å². The first-order chi connectivity index (χ1) is 33.8. The number of benzene rings is 11. The third-order valence-electron chi connectivity index (χ3n) is 13.3. The van der Waals surface area contributed by atoms with E-state index >= 15 is 0 Å². The molecule has 0 radical (unpaired) electrons. The van der Waals surface area contributed by atoms with Crippen LogP contribution < -0.4 is 9.80 Å². The maximum atomic E-state index is 2.51. The fourth-order valence-corrected chi connectivity index (χ4v) is 12.6. The summed E-state index contributed by atoms with van der Waals surface area (Å²) in [6.45, 7) is 0. The van der Waals surface area contributed by atoms with Crippen LogP contribution >= 0.6 is 22.7 Å². The molecular weight excluding hydrogens is 861 g/mol. The first-order valence-corrected chi connectivity index (χ1v) is 24.7. The van der Waals surface area contributed by atoms with Crippen molar-refractivity contribution in [2.24, 2.45) is 0 Å². The maximum absolute atomic E-state index is 2.51. The Labute approximate surface area is 403 Å². The van der Waals surface area contributed by atoms with E-state index in [1.807, 2.05) is 22.7 Å². The summed E-state index contributed by atoms with van der Waals surface area (Å²) in [5, 5.41) is 7.51. The Morgan fingerprint density at radius 3 is 1.26 bits per heavy atom. The lowest BCUT2D eigenvalue weighted by atomic mass is 9.94. The van der Waals surface area contributed by atoms with Gasteiger partial charge < -0.3 is 9.80 Å². The summed E-state index contributed by atoms with van der Waals surface area (Å²) in [6.07, 6.45) is 0. The summed E-state index contributed by atoms with van der Waals surface area (Å²) in [7, 11) is 0. The molecule has 0 aliphatic rings. The third-order valence-corrected chi connectivity index (χ3v) is 15.7. The second-order valence-corrected chi connectivity index (χ2v) is 19.3. The van der Waals surface area contributed by atoms with Crippen molar-refractivity contribution in [3.8, 4) is 33.4 Å². The van der Waals surface area contributed by atoms with Crippen molar-refractivity contribution < 1.29 is 0 Å². The van der Waals surface area contributed by atoms with Gasteiger partial charge >= 0.3 is 0 Å². The quantitative estimate of drug-likeness (QED) is 0.142. The molecule has 2 heterocycles. The summed E-state index contributed by atoms with van der Waals surface area (Å²) >= 11 is 3.75. The van der Waals surface area contributed by atoms with E-state index in [0.29, 0.717) is 0 Å². The predicted octanol–water partition coefficient (Wildman–Crippen LogP) is 19.5. The SMILES string of the molecule is c1ccc(-c2ccccc2N(c2ccccc2-c2cccc(N(c3cccc4c3sc3ccccc34)c3cccc4c3sc3ccccc34)c2)c2ccc(-c3ccccc3)c3ccccc23)cc1. The largest absolute Gasteiger partial charge is 0.309 e. The van der Waals surface area contributed by atoms with Crippen LogP contribution in [-0.4, -0.2) is 0 Å². The molecule has 68 heavy (non-hydrogen) atoms. The molecule has 13 aromatic rings. The van der Waals surface area contributed by atoms with Gasteiger partial charge in [-0.25, -0.2) is 0 Å². The van der Waals surface area contributed by atoms with Crippen LogP contribution in [0.1, 0.15) is 0 Å². The standard InChI is InChI=1S/C64H42N2S2/c1-3-20-43(21-4-1)47-40-41-58(51-29-8-7-28-50(47)51)66(56-34-13-9-26-48(56)44-22-5-2-6-23-44)57-35-14-10-27-49(57)45-24-17-25-46(42-45)65(59-36-18-32-54-52-30-11-15-38-61(52)67-63(54)59)60-37-19-33-55-53-31-12-16-39-62(53)68-64(55)60/h1-42H. The Hall–Kier alpha value is -8.28. The molecule has 13 rings (SSSR count). The Kier molecular flexibility index (Phi) is 9.93. The molecule has 320 valence electrons. The second kappa shape index (κ2) is 16.9. The summed E-state index contributed by atoms with van der Waals surface area (Å²) in [6, 6.07) is 93.2. The van der Waals surface area contributed by atoms with Crippen molar-refractivity contribution in [3.05, 3.63) is 255 Å². The zero-order valence-corrected chi connectivity index (χ0v) is 38.6. The van der Waals surface area contributed by atoms with Gasteiger partial charge in [-0.3, -0.25) is 0 Å². The Morgan fingerprint density at radius 2 is 0.662 bits per heavy atom. The molecule has 0 saturated heterocycles. The molecule has 0 atom stereocenters. The van der Waals surface area contributed by atoms with Gasteiger partial charge in [-0.15, -0.1) is 22.7 Å². The molecule has 2 nitrogen and oxygen atoms in total. The first kappa shape index (κ1) is 40.0. The van der Waals surface area contributed by atoms with Gasteiger partial charge in [-0.05, 0) is 82.2 Å². The van der Waals surface area contributed by atoms with Crippen molar-refractivity contribution in [3.63, 3.8) is 0 Å². The fraction of sp³-hybridized carbons (Fsp3) is 0. The molecule has 0 amide bonds. The van der Waals surface area contributed by atoms with E-state index in [1.54, 1.807) is 0 Å². The highest BCUT2D eigenvalue weighted by molar-refractivity contribution is 7.27. The van der Waals surface area contributed by atoms with Gasteiger partial charge in [0.05, 0.1) is 37.8 Å². The van der Waals surface area contributed by atoms with E-state index in [0.717, 1.165) is 39.4 Å².